The fourth-order valence-electron chi connectivity index (χ4n) is 2.87. The van der Waals surface area contributed by atoms with E-state index >= 15 is 0 Å². The molecular weight excluding hydrogens is 368 g/mol. The van der Waals surface area contributed by atoms with E-state index < -0.39 is 12.0 Å². The Hall–Kier alpha value is -2.94. The van der Waals surface area contributed by atoms with Gasteiger partial charge in [0, 0.05) is 6.42 Å². The monoisotopic (exact) mass is 388 g/mol. The highest BCUT2D eigenvalue weighted by Gasteiger charge is 2.31. The number of hydrogen-bond acceptors (Lipinski definition) is 6. The maximum Gasteiger partial charge on any atom is 0.367 e. The fraction of sp³-hybridized carbons (Fsp3) is 0.333. The Labute approximate surface area is 160 Å². The molecule has 1 aliphatic rings. The fourth-order valence-corrected chi connectivity index (χ4v) is 3.57. The van der Waals surface area contributed by atoms with Gasteiger partial charge in [0.05, 0.1) is 24.9 Å². The summed E-state index contributed by atoms with van der Waals surface area (Å²) in [5.74, 6) is -0.557. The first kappa shape index (κ1) is 18.8. The minimum absolute atomic E-state index is 0.0381. The van der Waals surface area contributed by atoms with E-state index in [1.54, 1.807) is 6.92 Å². The lowest BCUT2D eigenvalue weighted by Gasteiger charge is -2.33. The topological polar surface area (TPSA) is 109 Å². The van der Waals surface area contributed by atoms with Crippen molar-refractivity contribution in [3.63, 3.8) is 0 Å². The lowest BCUT2D eigenvalue weighted by atomic mass is 9.92. The molecule has 0 bridgehead atoms. The van der Waals surface area contributed by atoms with Gasteiger partial charge in [-0.1, -0.05) is 41.7 Å². The van der Waals surface area contributed by atoms with Gasteiger partial charge < -0.3 is 15.4 Å². The van der Waals surface area contributed by atoms with Crippen molar-refractivity contribution < 1.29 is 19.1 Å². The van der Waals surface area contributed by atoms with Crippen LogP contribution in [-0.4, -0.2) is 35.5 Å². The Bertz CT molecular complexity index is 824. The number of benzene rings is 1. The number of rotatable bonds is 5. The summed E-state index contributed by atoms with van der Waals surface area (Å²) < 4.78 is 4.88. The smallest absolute Gasteiger partial charge is 0.367 e. The van der Waals surface area contributed by atoms with Crippen LogP contribution in [0.4, 0.5) is 9.80 Å². The van der Waals surface area contributed by atoms with Gasteiger partial charge in [-0.2, -0.15) is 0 Å². The predicted molar refractivity (Wildman–Crippen MR) is 101 cm³/mol. The predicted octanol–water partition coefficient (Wildman–Crippen LogP) is 2.46. The van der Waals surface area contributed by atoms with Gasteiger partial charge in [0.15, 0.2) is 0 Å². The van der Waals surface area contributed by atoms with Crippen molar-refractivity contribution >= 4 is 34.2 Å². The number of carbonyl (C=O) groups is 3. The highest BCUT2D eigenvalue weighted by atomic mass is 32.1. The van der Waals surface area contributed by atoms with E-state index in [9.17, 15) is 14.4 Å². The Morgan fingerprint density at radius 3 is 2.85 bits per heavy atom. The molecule has 1 aliphatic heterocycles. The van der Waals surface area contributed by atoms with Crippen molar-refractivity contribution in [3.8, 4) is 0 Å². The number of amides is 3. The molecule has 0 spiro atoms. The van der Waals surface area contributed by atoms with Crippen molar-refractivity contribution in [3.05, 3.63) is 47.1 Å². The highest BCUT2D eigenvalue weighted by molar-refractivity contribution is 7.17. The molecular formula is C18H20N4O4S. The average molecular weight is 388 g/mol. The molecule has 2 aromatic rings. The SMILES string of the molecule is CCOC(=O)c1ncc(NC(=O)N[C@@H]2CCC(=O)N[C@H]2c2ccccc2)s1. The first-order chi connectivity index (χ1) is 13.1. The third-order valence-electron chi connectivity index (χ3n) is 4.07. The summed E-state index contributed by atoms with van der Waals surface area (Å²) in [4.78, 5) is 39.8. The van der Waals surface area contributed by atoms with Crippen LogP contribution in [0.3, 0.4) is 0 Å². The van der Waals surface area contributed by atoms with Gasteiger partial charge in [0.2, 0.25) is 10.9 Å². The van der Waals surface area contributed by atoms with Crippen LogP contribution < -0.4 is 16.0 Å². The van der Waals surface area contributed by atoms with Crippen LogP contribution >= 0.6 is 11.3 Å². The largest absolute Gasteiger partial charge is 0.461 e. The van der Waals surface area contributed by atoms with Crippen LogP contribution in [-0.2, 0) is 9.53 Å². The number of piperidine rings is 1. The molecule has 1 aromatic heterocycles. The summed E-state index contributed by atoms with van der Waals surface area (Å²) in [7, 11) is 0. The third kappa shape index (κ3) is 4.82. The molecule has 2 heterocycles. The molecule has 27 heavy (non-hydrogen) atoms. The number of nitrogens with zero attached hydrogens (tertiary/aromatic N) is 1. The molecule has 0 aliphatic carbocycles. The number of thiazole rings is 1. The molecule has 3 rings (SSSR count). The normalized spacial score (nSPS) is 19.1. The minimum atomic E-state index is -0.518. The second-order valence-electron chi connectivity index (χ2n) is 5.95. The van der Waals surface area contributed by atoms with E-state index in [2.05, 4.69) is 20.9 Å². The van der Waals surface area contributed by atoms with Gasteiger partial charge in [-0.3, -0.25) is 10.1 Å². The number of anilines is 1. The number of carbonyl (C=O) groups excluding carboxylic acids is 3. The molecule has 0 radical (unpaired) electrons. The summed E-state index contributed by atoms with van der Waals surface area (Å²) in [6.45, 7) is 1.97. The average Bonchev–Trinajstić information content (AvgIpc) is 3.12. The second kappa shape index (κ2) is 8.63. The summed E-state index contributed by atoms with van der Waals surface area (Å²) in [6.07, 6.45) is 2.30. The van der Waals surface area contributed by atoms with Gasteiger partial charge in [-0.05, 0) is 18.9 Å². The Kier molecular flexibility index (Phi) is 6.02. The van der Waals surface area contributed by atoms with Crippen LogP contribution in [0, 0.1) is 0 Å². The van der Waals surface area contributed by atoms with E-state index in [1.165, 1.54) is 6.20 Å². The van der Waals surface area contributed by atoms with E-state index in [1.807, 2.05) is 30.3 Å². The van der Waals surface area contributed by atoms with Crippen LogP contribution in [0.1, 0.15) is 41.2 Å². The lowest BCUT2D eigenvalue weighted by molar-refractivity contribution is -0.123. The zero-order valence-corrected chi connectivity index (χ0v) is 15.5. The number of hydrogen-bond donors (Lipinski definition) is 3. The van der Waals surface area contributed by atoms with Gasteiger partial charge in [0.1, 0.15) is 5.00 Å². The zero-order valence-electron chi connectivity index (χ0n) is 14.7. The molecule has 1 saturated heterocycles. The summed E-state index contributed by atoms with van der Waals surface area (Å²) in [5.41, 5.74) is 0.929. The van der Waals surface area contributed by atoms with Crippen molar-refractivity contribution in [1.29, 1.82) is 0 Å². The Balaban J connectivity index is 1.64. The van der Waals surface area contributed by atoms with Crippen LogP contribution in [0.15, 0.2) is 36.5 Å². The van der Waals surface area contributed by atoms with Crippen molar-refractivity contribution in [2.45, 2.75) is 31.8 Å². The van der Waals surface area contributed by atoms with Gasteiger partial charge in [-0.15, -0.1) is 0 Å². The molecule has 3 amide bonds. The summed E-state index contributed by atoms with van der Waals surface area (Å²) in [5, 5.41) is 9.12. The first-order valence-corrected chi connectivity index (χ1v) is 9.43. The highest BCUT2D eigenvalue weighted by Crippen LogP contribution is 2.25. The quantitative estimate of drug-likeness (QED) is 0.682. The molecule has 1 fully saturated rings. The van der Waals surface area contributed by atoms with Crippen molar-refractivity contribution in [2.24, 2.45) is 0 Å². The maximum atomic E-state index is 12.4. The maximum absolute atomic E-state index is 12.4. The van der Waals surface area contributed by atoms with Crippen LogP contribution in [0.25, 0.3) is 0 Å². The molecule has 3 N–H and O–H groups in total. The second-order valence-corrected chi connectivity index (χ2v) is 6.98. The molecule has 142 valence electrons. The van der Waals surface area contributed by atoms with E-state index in [-0.39, 0.29) is 29.6 Å². The molecule has 8 nitrogen and oxygen atoms in total. The number of aromatic nitrogens is 1. The van der Waals surface area contributed by atoms with Crippen LogP contribution in [0.2, 0.25) is 0 Å². The van der Waals surface area contributed by atoms with E-state index in [0.717, 1.165) is 16.9 Å². The molecule has 9 heteroatoms. The van der Waals surface area contributed by atoms with Crippen molar-refractivity contribution in [1.82, 2.24) is 15.6 Å². The van der Waals surface area contributed by atoms with Gasteiger partial charge in [-0.25, -0.2) is 14.6 Å². The van der Waals surface area contributed by atoms with Gasteiger partial charge in [0.25, 0.3) is 0 Å². The number of nitrogens with one attached hydrogen (secondary N) is 3. The zero-order chi connectivity index (χ0) is 19.2. The van der Waals surface area contributed by atoms with Crippen LogP contribution in [0.5, 0.6) is 0 Å². The number of ether oxygens (including phenoxy) is 1. The summed E-state index contributed by atoms with van der Waals surface area (Å²) >= 11 is 1.04. The van der Waals surface area contributed by atoms with E-state index in [4.69, 9.17) is 4.74 Å². The number of esters is 1. The lowest BCUT2D eigenvalue weighted by Crippen LogP contribution is -2.51. The molecule has 0 saturated carbocycles. The standard InChI is InChI=1S/C18H20N4O4S/c1-2-26-17(24)16-19-10-14(27-16)22-18(25)20-12-8-9-13(23)21-15(12)11-6-4-3-5-7-11/h3-7,10,12,15H,2,8-9H2,1H3,(H,21,23)(H2,20,22,25)/t12-,15+/m1/s1. The molecule has 1 aromatic carbocycles. The summed E-state index contributed by atoms with van der Waals surface area (Å²) in [6, 6.07) is 8.54. The van der Waals surface area contributed by atoms with E-state index in [0.29, 0.717) is 17.8 Å². The molecule has 0 unspecified atom stereocenters. The first-order valence-electron chi connectivity index (χ1n) is 8.61. The third-order valence-corrected chi connectivity index (χ3v) is 4.96. The minimum Gasteiger partial charge on any atom is -0.461 e. The molecule has 2 atom stereocenters. The van der Waals surface area contributed by atoms with Gasteiger partial charge >= 0.3 is 12.0 Å². The Morgan fingerprint density at radius 1 is 1.33 bits per heavy atom. The number of urea groups is 1. The van der Waals surface area contributed by atoms with Crippen molar-refractivity contribution in [2.75, 3.05) is 11.9 Å². The Morgan fingerprint density at radius 2 is 2.11 bits per heavy atom.